The third kappa shape index (κ3) is 4.58. The van der Waals surface area contributed by atoms with Crippen LogP contribution in [0.4, 0.5) is 0 Å². The van der Waals surface area contributed by atoms with Crippen molar-refractivity contribution in [3.8, 4) is 50.7 Å². The summed E-state index contributed by atoms with van der Waals surface area (Å²) < 4.78 is 18.2. The molecule has 10 rings (SSSR count). The van der Waals surface area contributed by atoms with Crippen LogP contribution in [0.2, 0.25) is 0 Å². The minimum absolute atomic E-state index is 0.536. The van der Waals surface area contributed by atoms with Gasteiger partial charge in [-0.1, -0.05) is 170 Å². The molecule has 0 radical (unpaired) electrons. The van der Waals surface area contributed by atoms with Crippen LogP contribution < -0.4 is 15.9 Å². The maximum atomic E-state index is 16.0. The molecule has 4 nitrogen and oxygen atoms in total. The molecule has 7 aromatic carbocycles. The quantitative estimate of drug-likeness (QED) is 0.171. The molecule has 3 heterocycles. The van der Waals surface area contributed by atoms with E-state index in [1.807, 2.05) is 78.9 Å². The van der Waals surface area contributed by atoms with E-state index < -0.39 is 7.14 Å². The van der Waals surface area contributed by atoms with Crippen LogP contribution >= 0.6 is 7.14 Å². The average Bonchev–Trinajstić information content (AvgIpc) is 3.69. The van der Waals surface area contributed by atoms with Gasteiger partial charge in [0.1, 0.15) is 0 Å². The lowest BCUT2D eigenvalue weighted by Gasteiger charge is -2.18. The third-order valence-electron chi connectivity index (χ3n) is 10.0. The van der Waals surface area contributed by atoms with Crippen molar-refractivity contribution < 1.29 is 4.57 Å². The van der Waals surface area contributed by atoms with Gasteiger partial charge < -0.3 is 4.57 Å². The lowest BCUT2D eigenvalue weighted by atomic mass is 10.0. The van der Waals surface area contributed by atoms with Gasteiger partial charge in [0.25, 0.3) is 0 Å². The summed E-state index contributed by atoms with van der Waals surface area (Å²) in [5.41, 5.74) is 9.77. The molecule has 0 bridgehead atoms. The molecule has 0 amide bonds. The molecule has 1 unspecified atom stereocenters. The van der Waals surface area contributed by atoms with E-state index in [0.717, 1.165) is 76.9 Å². The van der Waals surface area contributed by atoms with Crippen LogP contribution in [0, 0.1) is 0 Å². The number of hydrogen-bond acceptors (Lipinski definition) is 3. The highest BCUT2D eigenvalue weighted by Gasteiger charge is 2.43. The fourth-order valence-corrected chi connectivity index (χ4v) is 10.9. The molecule has 1 atom stereocenters. The van der Waals surface area contributed by atoms with Crippen LogP contribution in [-0.2, 0) is 4.57 Å². The van der Waals surface area contributed by atoms with Gasteiger partial charge in [0.05, 0.1) is 27.7 Å². The average molecular weight is 672 g/mol. The van der Waals surface area contributed by atoms with Gasteiger partial charge in [-0.3, -0.25) is 4.57 Å². The lowest BCUT2D eigenvalue weighted by molar-refractivity contribution is 0.593. The van der Waals surface area contributed by atoms with Crippen LogP contribution in [0.5, 0.6) is 0 Å². The highest BCUT2D eigenvalue weighted by atomic mass is 31.2. The van der Waals surface area contributed by atoms with Crippen molar-refractivity contribution in [3.63, 3.8) is 0 Å². The Kier molecular flexibility index (Phi) is 6.74. The van der Waals surface area contributed by atoms with Crippen molar-refractivity contribution >= 4 is 44.9 Å². The van der Waals surface area contributed by atoms with Crippen molar-refractivity contribution in [3.05, 3.63) is 182 Å². The molecule has 0 fully saturated rings. The molecule has 5 heteroatoms. The minimum atomic E-state index is -3.30. The Labute approximate surface area is 295 Å². The molecule has 1 aliphatic rings. The zero-order valence-electron chi connectivity index (χ0n) is 27.5. The summed E-state index contributed by atoms with van der Waals surface area (Å²) in [4.78, 5) is 10.6. The summed E-state index contributed by atoms with van der Waals surface area (Å²) in [6.07, 6.45) is 0. The van der Waals surface area contributed by atoms with E-state index in [2.05, 4.69) is 108 Å². The van der Waals surface area contributed by atoms with E-state index in [4.69, 9.17) is 9.97 Å². The Hall–Kier alpha value is -6.35. The summed E-state index contributed by atoms with van der Waals surface area (Å²) >= 11 is 0. The Morgan fingerprint density at radius 2 is 1.00 bits per heavy atom. The Balaban J connectivity index is 1.29. The van der Waals surface area contributed by atoms with Gasteiger partial charge >= 0.3 is 0 Å². The Morgan fingerprint density at radius 1 is 0.451 bits per heavy atom. The second-order valence-electron chi connectivity index (χ2n) is 12.9. The highest BCUT2D eigenvalue weighted by Crippen LogP contribution is 2.54. The van der Waals surface area contributed by atoms with E-state index in [1.165, 1.54) is 5.56 Å². The zero-order valence-corrected chi connectivity index (χ0v) is 28.4. The van der Waals surface area contributed by atoms with E-state index in [1.54, 1.807) is 0 Å². The van der Waals surface area contributed by atoms with Crippen molar-refractivity contribution in [1.29, 1.82) is 0 Å². The molecule has 9 aromatic rings. The summed E-state index contributed by atoms with van der Waals surface area (Å²) in [5, 5.41) is 4.61. The molecular weight excluding hydrogens is 642 g/mol. The second-order valence-corrected chi connectivity index (χ2v) is 15.6. The number of benzene rings is 7. The zero-order chi connectivity index (χ0) is 33.9. The summed E-state index contributed by atoms with van der Waals surface area (Å²) in [5.74, 6) is 0.536. The maximum absolute atomic E-state index is 16.0. The first-order valence-electron chi connectivity index (χ1n) is 17.1. The van der Waals surface area contributed by atoms with Crippen molar-refractivity contribution in [2.45, 2.75) is 0 Å². The molecule has 51 heavy (non-hydrogen) atoms. The van der Waals surface area contributed by atoms with Gasteiger partial charge in [0.15, 0.2) is 7.14 Å². The molecule has 0 N–H and O–H groups in total. The monoisotopic (exact) mass is 671 g/mol. The molecule has 2 aromatic heterocycles. The molecule has 0 saturated carbocycles. The van der Waals surface area contributed by atoms with E-state index in [9.17, 15) is 0 Å². The fourth-order valence-electron chi connectivity index (χ4n) is 7.69. The molecular formula is C46H30N3OP. The summed E-state index contributed by atoms with van der Waals surface area (Å²) in [6, 6.07) is 62.1. The maximum Gasteiger partial charge on any atom is 0.235 e. The second kappa shape index (κ2) is 11.6. The van der Waals surface area contributed by atoms with Crippen LogP contribution in [0.25, 0.3) is 72.5 Å². The van der Waals surface area contributed by atoms with Crippen molar-refractivity contribution in [2.75, 3.05) is 0 Å². The predicted molar refractivity (Wildman–Crippen MR) is 211 cm³/mol. The fraction of sp³-hybridized carbons (Fsp3) is 0. The number of rotatable bonds is 5. The predicted octanol–water partition coefficient (Wildman–Crippen LogP) is 10.2. The topological polar surface area (TPSA) is 47.8 Å². The first-order valence-corrected chi connectivity index (χ1v) is 18.8. The van der Waals surface area contributed by atoms with E-state index in [0.29, 0.717) is 5.95 Å². The number of hydrogen-bond donors (Lipinski definition) is 0. The minimum Gasteiger partial charge on any atom is -0.309 e. The molecule has 0 saturated heterocycles. The molecule has 240 valence electrons. The first-order chi connectivity index (χ1) is 25.2. The standard InChI is InChI=1S/C46H30N3OP/c50-51(35-18-8-3-9-19-35)43-23-13-11-21-37(43)39-29-28-38-36-20-10-12-22-42(36)49(44(38)45(39)51)46-47-40(33-16-6-2-7-17-33)30-41(48-46)34-26-24-32(25-27-34)31-14-4-1-5-15-31/h1-30H. The smallest absolute Gasteiger partial charge is 0.235 e. The van der Waals surface area contributed by atoms with Crippen molar-refractivity contribution in [1.82, 2.24) is 14.5 Å². The molecule has 1 aliphatic heterocycles. The highest BCUT2D eigenvalue weighted by molar-refractivity contribution is 7.86. The number of nitrogens with zero attached hydrogens (tertiary/aromatic N) is 3. The number of aromatic nitrogens is 3. The normalized spacial score (nSPS) is 14.8. The van der Waals surface area contributed by atoms with Gasteiger partial charge in [-0.15, -0.1) is 0 Å². The van der Waals surface area contributed by atoms with E-state index >= 15 is 4.57 Å². The summed E-state index contributed by atoms with van der Waals surface area (Å²) in [7, 11) is -3.30. The van der Waals surface area contributed by atoms with Gasteiger partial charge in [0.2, 0.25) is 5.95 Å². The van der Waals surface area contributed by atoms with Gasteiger partial charge in [0, 0.05) is 32.5 Å². The SMILES string of the molecule is O=P1(c2ccccc2)c2ccccc2-c2ccc3c4ccccc4n(-c4nc(-c5ccccc5)cc(-c5ccc(-c6ccccc6)cc5)n4)c3c21. The first kappa shape index (κ1) is 29.6. The van der Waals surface area contributed by atoms with Crippen LogP contribution in [0.15, 0.2) is 182 Å². The van der Waals surface area contributed by atoms with E-state index in [-0.39, 0.29) is 0 Å². The molecule has 0 aliphatic carbocycles. The Bertz CT molecular complexity index is 2810. The molecule has 0 spiro atoms. The largest absolute Gasteiger partial charge is 0.309 e. The third-order valence-corrected chi connectivity index (χ3v) is 13.2. The van der Waals surface area contributed by atoms with Crippen molar-refractivity contribution in [2.24, 2.45) is 0 Å². The van der Waals surface area contributed by atoms with Crippen LogP contribution in [0.3, 0.4) is 0 Å². The van der Waals surface area contributed by atoms with Gasteiger partial charge in [-0.2, -0.15) is 0 Å². The number of para-hydroxylation sites is 1. The lowest BCUT2D eigenvalue weighted by Crippen LogP contribution is -2.22. The number of fused-ring (bicyclic) bond motifs is 7. The Morgan fingerprint density at radius 3 is 1.73 bits per heavy atom. The summed E-state index contributed by atoms with van der Waals surface area (Å²) in [6.45, 7) is 0. The van der Waals surface area contributed by atoms with Gasteiger partial charge in [-0.05, 0) is 34.4 Å². The van der Waals surface area contributed by atoms with Gasteiger partial charge in [-0.25, -0.2) is 9.97 Å². The van der Waals surface area contributed by atoms with Crippen LogP contribution in [-0.4, -0.2) is 14.5 Å². The van der Waals surface area contributed by atoms with Crippen LogP contribution in [0.1, 0.15) is 0 Å².